The summed E-state index contributed by atoms with van der Waals surface area (Å²) in [4.78, 5) is 17.1. The van der Waals surface area contributed by atoms with Gasteiger partial charge in [0.1, 0.15) is 0 Å². The van der Waals surface area contributed by atoms with Crippen molar-refractivity contribution in [2.45, 2.75) is 39.7 Å². The average molecular weight is 351 g/mol. The number of nitrogens with zero attached hydrogens (tertiary/aromatic N) is 2. The molecule has 114 valence electrons. The van der Waals surface area contributed by atoms with Gasteiger partial charge in [-0.25, -0.2) is 0 Å². The molecule has 1 aromatic rings. The van der Waals surface area contributed by atoms with Gasteiger partial charge < -0.3 is 9.80 Å². The first-order chi connectivity index (χ1) is 9.97. The van der Waals surface area contributed by atoms with Gasteiger partial charge in [0.05, 0.1) is 17.4 Å². The summed E-state index contributed by atoms with van der Waals surface area (Å²) >= 11 is 3.57. The van der Waals surface area contributed by atoms with Gasteiger partial charge >= 0.3 is 0 Å². The molecule has 0 radical (unpaired) electrons. The minimum atomic E-state index is 0.241. The van der Waals surface area contributed by atoms with Crippen molar-refractivity contribution in [2.24, 2.45) is 11.8 Å². The second-order valence-electron chi connectivity index (χ2n) is 6.76. The lowest BCUT2D eigenvalue weighted by Crippen LogP contribution is -2.51. The molecule has 1 amide bonds. The number of benzene rings is 1. The molecule has 1 aliphatic carbocycles. The smallest absolute Gasteiger partial charge is 0.230 e. The van der Waals surface area contributed by atoms with Crippen molar-refractivity contribution < 1.29 is 4.79 Å². The molecule has 0 aromatic heterocycles. The Kier molecular flexibility index (Phi) is 4.00. The van der Waals surface area contributed by atoms with Crippen molar-refractivity contribution in [3.63, 3.8) is 0 Å². The van der Waals surface area contributed by atoms with E-state index in [1.54, 1.807) is 0 Å². The summed E-state index contributed by atoms with van der Waals surface area (Å²) in [5.74, 6) is 1.19. The number of carbonyl (C=O) groups excluding carboxylic acids is 1. The highest BCUT2D eigenvalue weighted by molar-refractivity contribution is 9.10. The molecule has 0 N–H and O–H groups in total. The second-order valence-corrected chi connectivity index (χ2v) is 7.68. The van der Waals surface area contributed by atoms with E-state index < -0.39 is 0 Å². The van der Waals surface area contributed by atoms with Crippen molar-refractivity contribution in [2.75, 3.05) is 22.9 Å². The zero-order chi connectivity index (χ0) is 15.1. The summed E-state index contributed by atoms with van der Waals surface area (Å²) in [5.41, 5.74) is 2.26. The molecule has 1 saturated carbocycles. The number of hydrogen-bond acceptors (Lipinski definition) is 2. The van der Waals surface area contributed by atoms with Gasteiger partial charge in [-0.2, -0.15) is 0 Å². The number of hydrogen-bond donors (Lipinski definition) is 0. The Bertz CT molecular complexity index is 554. The van der Waals surface area contributed by atoms with E-state index >= 15 is 0 Å². The van der Waals surface area contributed by atoms with Crippen LogP contribution in [0, 0.1) is 11.8 Å². The summed E-state index contributed by atoms with van der Waals surface area (Å²) in [6, 6.07) is 6.52. The summed E-state index contributed by atoms with van der Waals surface area (Å²) in [6.45, 7) is 8.59. The molecule has 4 heteroatoms. The van der Waals surface area contributed by atoms with Gasteiger partial charge in [0.25, 0.3) is 0 Å². The lowest BCUT2D eigenvalue weighted by atomic mass is 10.0. The number of fused-ring (bicyclic) bond motifs is 1. The van der Waals surface area contributed by atoms with Crippen LogP contribution in [-0.2, 0) is 4.79 Å². The fourth-order valence-electron chi connectivity index (χ4n) is 3.17. The van der Waals surface area contributed by atoms with Gasteiger partial charge in [0.2, 0.25) is 5.91 Å². The van der Waals surface area contributed by atoms with Gasteiger partial charge in [0, 0.05) is 23.5 Å². The first-order valence-electron chi connectivity index (χ1n) is 7.85. The van der Waals surface area contributed by atoms with E-state index in [1.807, 2.05) is 11.0 Å². The van der Waals surface area contributed by atoms with Crippen LogP contribution in [0.5, 0.6) is 0 Å². The first kappa shape index (κ1) is 14.9. The number of amides is 1. The zero-order valence-corrected chi connectivity index (χ0v) is 14.6. The van der Waals surface area contributed by atoms with E-state index in [2.05, 4.69) is 53.7 Å². The van der Waals surface area contributed by atoms with Crippen molar-refractivity contribution in [3.05, 3.63) is 22.7 Å². The van der Waals surface area contributed by atoms with E-state index in [0.717, 1.165) is 36.1 Å². The molecule has 1 heterocycles. The monoisotopic (exact) mass is 350 g/mol. The molecule has 2 aliphatic rings. The van der Waals surface area contributed by atoms with Crippen LogP contribution in [0.3, 0.4) is 0 Å². The number of anilines is 2. The Balaban J connectivity index is 1.99. The minimum absolute atomic E-state index is 0.241. The molecule has 1 atom stereocenters. The molecule has 21 heavy (non-hydrogen) atoms. The lowest BCUT2D eigenvalue weighted by Gasteiger charge is -2.43. The molecule has 1 aromatic carbocycles. The Morgan fingerprint density at radius 3 is 2.67 bits per heavy atom. The Morgan fingerprint density at radius 1 is 1.33 bits per heavy atom. The standard InChI is InChI=1S/C17H23BrN2O/c1-11(2)9-19-10-12(3)20(17(21)13-4-5-13)15-7-6-14(18)8-16(15)19/h6-8,11-13H,4-5,9-10H2,1-3H3/t12-/m0/s1. The Morgan fingerprint density at radius 2 is 2.05 bits per heavy atom. The highest BCUT2D eigenvalue weighted by Gasteiger charge is 2.39. The third-order valence-corrected chi connectivity index (χ3v) is 4.71. The van der Waals surface area contributed by atoms with Gasteiger partial charge in [-0.1, -0.05) is 29.8 Å². The maximum atomic E-state index is 12.6. The summed E-state index contributed by atoms with van der Waals surface area (Å²) in [5, 5.41) is 0. The zero-order valence-electron chi connectivity index (χ0n) is 13.0. The van der Waals surface area contributed by atoms with E-state index in [0.29, 0.717) is 11.8 Å². The number of carbonyl (C=O) groups is 1. The second kappa shape index (κ2) is 5.64. The van der Waals surface area contributed by atoms with Crippen LogP contribution >= 0.6 is 15.9 Å². The lowest BCUT2D eigenvalue weighted by molar-refractivity contribution is -0.120. The number of rotatable bonds is 3. The van der Waals surface area contributed by atoms with Crippen molar-refractivity contribution in [3.8, 4) is 0 Å². The Hall–Kier alpha value is -1.03. The molecular weight excluding hydrogens is 328 g/mol. The topological polar surface area (TPSA) is 23.6 Å². The average Bonchev–Trinajstić information content (AvgIpc) is 3.22. The van der Waals surface area contributed by atoms with Crippen molar-refractivity contribution in [1.29, 1.82) is 0 Å². The predicted molar refractivity (Wildman–Crippen MR) is 90.9 cm³/mol. The van der Waals surface area contributed by atoms with Crippen LogP contribution in [0.25, 0.3) is 0 Å². The van der Waals surface area contributed by atoms with E-state index in [4.69, 9.17) is 0 Å². The third kappa shape index (κ3) is 2.96. The maximum Gasteiger partial charge on any atom is 0.230 e. The van der Waals surface area contributed by atoms with Crippen LogP contribution in [-0.4, -0.2) is 25.0 Å². The predicted octanol–water partition coefficient (Wildman–Crippen LogP) is 4.06. The molecule has 1 fully saturated rings. The molecule has 1 aliphatic heterocycles. The van der Waals surface area contributed by atoms with Crippen molar-refractivity contribution in [1.82, 2.24) is 0 Å². The van der Waals surface area contributed by atoms with E-state index in [1.165, 1.54) is 5.69 Å². The molecule has 0 unspecified atom stereocenters. The summed E-state index contributed by atoms with van der Waals surface area (Å²) in [6.07, 6.45) is 2.12. The third-order valence-electron chi connectivity index (χ3n) is 4.21. The molecule has 0 saturated heterocycles. The van der Waals surface area contributed by atoms with Gasteiger partial charge in [0.15, 0.2) is 0 Å². The van der Waals surface area contributed by atoms with E-state index in [-0.39, 0.29) is 12.0 Å². The largest absolute Gasteiger partial charge is 0.367 e. The highest BCUT2D eigenvalue weighted by Crippen LogP contribution is 2.41. The van der Waals surface area contributed by atoms with Gasteiger partial charge in [-0.15, -0.1) is 0 Å². The fourth-order valence-corrected chi connectivity index (χ4v) is 3.52. The molecule has 3 nitrogen and oxygen atoms in total. The van der Waals surface area contributed by atoms with Gasteiger partial charge in [-0.3, -0.25) is 4.79 Å². The van der Waals surface area contributed by atoms with Gasteiger partial charge in [-0.05, 0) is 43.9 Å². The van der Waals surface area contributed by atoms with Crippen LogP contribution in [0.15, 0.2) is 22.7 Å². The molecular formula is C17H23BrN2O. The quantitative estimate of drug-likeness (QED) is 0.820. The SMILES string of the molecule is CC(C)CN1C[C@H](C)N(C(=O)C2CC2)c2ccc(Br)cc21. The summed E-state index contributed by atoms with van der Waals surface area (Å²) < 4.78 is 1.07. The summed E-state index contributed by atoms with van der Waals surface area (Å²) in [7, 11) is 0. The van der Waals surface area contributed by atoms with Crippen LogP contribution in [0.1, 0.15) is 33.6 Å². The van der Waals surface area contributed by atoms with Crippen LogP contribution in [0.4, 0.5) is 11.4 Å². The maximum absolute atomic E-state index is 12.6. The molecule has 3 rings (SSSR count). The molecule has 0 bridgehead atoms. The normalized spacial score (nSPS) is 21.7. The molecule has 0 spiro atoms. The highest BCUT2D eigenvalue weighted by atomic mass is 79.9. The Labute approximate surface area is 135 Å². The van der Waals surface area contributed by atoms with Crippen LogP contribution in [0.2, 0.25) is 0 Å². The first-order valence-corrected chi connectivity index (χ1v) is 8.64. The van der Waals surface area contributed by atoms with Crippen LogP contribution < -0.4 is 9.80 Å². The fraction of sp³-hybridized carbons (Fsp3) is 0.588. The van der Waals surface area contributed by atoms with E-state index in [9.17, 15) is 4.79 Å². The number of halogens is 1. The minimum Gasteiger partial charge on any atom is -0.367 e. The van der Waals surface area contributed by atoms with Crippen molar-refractivity contribution >= 4 is 33.2 Å².